The van der Waals surface area contributed by atoms with Crippen molar-refractivity contribution in [1.29, 1.82) is 0 Å². The van der Waals surface area contributed by atoms with E-state index in [1.54, 1.807) is 31.0 Å². The van der Waals surface area contributed by atoms with Crippen LogP contribution in [-0.4, -0.2) is 49.3 Å². The summed E-state index contributed by atoms with van der Waals surface area (Å²) in [7, 11) is 1.70. The Bertz CT molecular complexity index is 407. The number of phenols is 1. The number of carbonyl (C=O) groups is 1. The van der Waals surface area contributed by atoms with Crippen LogP contribution in [0.2, 0.25) is 0 Å². The van der Waals surface area contributed by atoms with Crippen LogP contribution in [0.3, 0.4) is 0 Å². The number of rotatable bonds is 6. The third-order valence-corrected chi connectivity index (χ3v) is 2.64. The Morgan fingerprint density at radius 3 is 2.78 bits per heavy atom. The molecule has 1 aromatic rings. The molecule has 100 valence electrons. The first-order chi connectivity index (χ1) is 8.56. The van der Waals surface area contributed by atoms with E-state index in [1.165, 1.54) is 6.07 Å². The van der Waals surface area contributed by atoms with Gasteiger partial charge in [0, 0.05) is 25.7 Å². The van der Waals surface area contributed by atoms with Crippen LogP contribution in [0, 0.1) is 6.92 Å². The van der Waals surface area contributed by atoms with E-state index in [2.05, 4.69) is 0 Å². The van der Waals surface area contributed by atoms with Gasteiger partial charge < -0.3 is 20.5 Å². The molecule has 0 atom stereocenters. The van der Waals surface area contributed by atoms with E-state index in [-0.39, 0.29) is 11.7 Å². The van der Waals surface area contributed by atoms with E-state index in [0.29, 0.717) is 31.9 Å². The third kappa shape index (κ3) is 4.01. The highest BCUT2D eigenvalue weighted by molar-refractivity contribution is 5.94. The highest BCUT2D eigenvalue weighted by Crippen LogP contribution is 2.18. The Morgan fingerprint density at radius 2 is 2.17 bits per heavy atom. The second-order valence-electron chi connectivity index (χ2n) is 4.13. The summed E-state index contributed by atoms with van der Waals surface area (Å²) in [6.07, 6.45) is 0. The monoisotopic (exact) mass is 252 g/mol. The molecule has 0 bridgehead atoms. The molecule has 1 aromatic carbocycles. The van der Waals surface area contributed by atoms with Gasteiger partial charge >= 0.3 is 0 Å². The van der Waals surface area contributed by atoms with Gasteiger partial charge in [-0.05, 0) is 24.6 Å². The van der Waals surface area contributed by atoms with Crippen LogP contribution in [0.5, 0.6) is 5.75 Å². The van der Waals surface area contributed by atoms with Gasteiger partial charge in [0.15, 0.2) is 0 Å². The standard InChI is InChI=1S/C13H20N2O3/c1-10-3-4-11(9-12(10)16)13(17)15(2)6-8-18-7-5-14/h3-4,9,16H,5-8,14H2,1-2H3. The van der Waals surface area contributed by atoms with E-state index in [0.717, 1.165) is 5.56 Å². The molecule has 0 aliphatic rings. The summed E-state index contributed by atoms with van der Waals surface area (Å²) in [5.41, 5.74) is 6.52. The van der Waals surface area contributed by atoms with Crippen LogP contribution < -0.4 is 5.73 Å². The molecule has 0 saturated carbocycles. The van der Waals surface area contributed by atoms with E-state index in [4.69, 9.17) is 10.5 Å². The first-order valence-electron chi connectivity index (χ1n) is 5.89. The van der Waals surface area contributed by atoms with Gasteiger partial charge in [-0.1, -0.05) is 6.07 Å². The fourth-order valence-corrected chi connectivity index (χ4v) is 1.45. The van der Waals surface area contributed by atoms with Gasteiger partial charge in [-0.25, -0.2) is 0 Å². The number of hydrogen-bond donors (Lipinski definition) is 2. The minimum atomic E-state index is -0.137. The summed E-state index contributed by atoms with van der Waals surface area (Å²) in [5, 5.41) is 9.57. The number of nitrogens with zero attached hydrogens (tertiary/aromatic N) is 1. The Hall–Kier alpha value is -1.59. The summed E-state index contributed by atoms with van der Waals surface area (Å²) >= 11 is 0. The summed E-state index contributed by atoms with van der Waals surface area (Å²) in [5.74, 6) is -0.00437. The number of aryl methyl sites for hydroxylation is 1. The molecule has 5 heteroatoms. The van der Waals surface area contributed by atoms with Gasteiger partial charge in [0.25, 0.3) is 5.91 Å². The van der Waals surface area contributed by atoms with Crippen LogP contribution in [0.4, 0.5) is 0 Å². The predicted molar refractivity (Wildman–Crippen MR) is 69.7 cm³/mol. The van der Waals surface area contributed by atoms with Crippen LogP contribution in [0.1, 0.15) is 15.9 Å². The average molecular weight is 252 g/mol. The van der Waals surface area contributed by atoms with Crippen molar-refractivity contribution < 1.29 is 14.6 Å². The number of carbonyl (C=O) groups excluding carboxylic acids is 1. The fraction of sp³-hybridized carbons (Fsp3) is 0.462. The van der Waals surface area contributed by atoms with Crippen molar-refractivity contribution in [3.63, 3.8) is 0 Å². The van der Waals surface area contributed by atoms with Gasteiger partial charge in [0.2, 0.25) is 0 Å². The maximum atomic E-state index is 12.0. The molecule has 0 heterocycles. The Morgan fingerprint density at radius 1 is 1.44 bits per heavy atom. The molecule has 18 heavy (non-hydrogen) atoms. The summed E-state index contributed by atoms with van der Waals surface area (Å²) in [4.78, 5) is 13.6. The van der Waals surface area contributed by atoms with E-state index in [9.17, 15) is 9.90 Å². The molecule has 3 N–H and O–H groups in total. The number of aromatic hydroxyl groups is 1. The zero-order valence-corrected chi connectivity index (χ0v) is 10.8. The summed E-state index contributed by atoms with van der Waals surface area (Å²) in [6, 6.07) is 4.91. The summed E-state index contributed by atoms with van der Waals surface area (Å²) < 4.78 is 5.21. The lowest BCUT2D eigenvalue weighted by molar-refractivity contribution is 0.0704. The molecule has 0 saturated heterocycles. The Labute approximate surface area is 107 Å². The quantitative estimate of drug-likeness (QED) is 0.732. The molecular formula is C13H20N2O3. The second kappa shape index (κ2) is 6.98. The fourth-order valence-electron chi connectivity index (χ4n) is 1.45. The molecule has 5 nitrogen and oxygen atoms in total. The highest BCUT2D eigenvalue weighted by atomic mass is 16.5. The van der Waals surface area contributed by atoms with Gasteiger partial charge in [-0.15, -0.1) is 0 Å². The lowest BCUT2D eigenvalue weighted by atomic mass is 10.1. The van der Waals surface area contributed by atoms with Crippen LogP contribution in [-0.2, 0) is 4.74 Å². The summed E-state index contributed by atoms with van der Waals surface area (Å²) in [6.45, 7) is 3.70. The number of likely N-dealkylation sites (N-methyl/N-ethyl adjacent to an activating group) is 1. The number of amides is 1. The molecule has 1 amide bonds. The van der Waals surface area contributed by atoms with Gasteiger partial charge in [0.1, 0.15) is 5.75 Å². The van der Waals surface area contributed by atoms with Gasteiger partial charge in [-0.3, -0.25) is 4.79 Å². The van der Waals surface area contributed by atoms with Crippen molar-refractivity contribution in [2.45, 2.75) is 6.92 Å². The number of phenolic OH excluding ortho intramolecular Hbond substituents is 1. The molecule has 0 fully saturated rings. The van der Waals surface area contributed by atoms with E-state index < -0.39 is 0 Å². The number of benzene rings is 1. The number of ether oxygens (including phenoxy) is 1. The zero-order valence-electron chi connectivity index (χ0n) is 10.8. The second-order valence-corrected chi connectivity index (χ2v) is 4.13. The first-order valence-corrected chi connectivity index (χ1v) is 5.89. The molecule has 1 rings (SSSR count). The zero-order chi connectivity index (χ0) is 13.5. The van der Waals surface area contributed by atoms with Crippen molar-refractivity contribution in [2.24, 2.45) is 5.73 Å². The van der Waals surface area contributed by atoms with E-state index in [1.807, 2.05) is 0 Å². The molecule has 0 spiro atoms. The maximum absolute atomic E-state index is 12.0. The van der Waals surface area contributed by atoms with Gasteiger partial charge in [-0.2, -0.15) is 0 Å². The minimum absolute atomic E-state index is 0.133. The topological polar surface area (TPSA) is 75.8 Å². The Kier molecular flexibility index (Phi) is 5.61. The predicted octanol–water partition coefficient (Wildman–Crippen LogP) is 0.748. The van der Waals surface area contributed by atoms with Crippen LogP contribution in [0.25, 0.3) is 0 Å². The molecule has 0 unspecified atom stereocenters. The number of nitrogens with two attached hydrogens (primary N) is 1. The SMILES string of the molecule is Cc1ccc(C(=O)N(C)CCOCCN)cc1O. The van der Waals surface area contributed by atoms with Crippen LogP contribution in [0.15, 0.2) is 18.2 Å². The van der Waals surface area contributed by atoms with Crippen molar-refractivity contribution >= 4 is 5.91 Å². The van der Waals surface area contributed by atoms with Crippen molar-refractivity contribution in [2.75, 3.05) is 33.4 Å². The van der Waals surface area contributed by atoms with E-state index >= 15 is 0 Å². The largest absolute Gasteiger partial charge is 0.508 e. The maximum Gasteiger partial charge on any atom is 0.253 e. The highest BCUT2D eigenvalue weighted by Gasteiger charge is 2.12. The van der Waals surface area contributed by atoms with Crippen molar-refractivity contribution in [3.05, 3.63) is 29.3 Å². The normalized spacial score (nSPS) is 10.4. The van der Waals surface area contributed by atoms with Crippen molar-refractivity contribution in [1.82, 2.24) is 4.90 Å². The number of hydrogen-bond acceptors (Lipinski definition) is 4. The average Bonchev–Trinajstić information content (AvgIpc) is 2.37. The first kappa shape index (κ1) is 14.5. The molecule has 0 aromatic heterocycles. The lowest BCUT2D eigenvalue weighted by Gasteiger charge is -2.17. The molecule has 0 aliphatic carbocycles. The molecule has 0 aliphatic heterocycles. The lowest BCUT2D eigenvalue weighted by Crippen LogP contribution is -2.30. The van der Waals surface area contributed by atoms with Gasteiger partial charge in [0.05, 0.1) is 13.2 Å². The Balaban J connectivity index is 2.54. The molecular weight excluding hydrogens is 232 g/mol. The van der Waals surface area contributed by atoms with Crippen molar-refractivity contribution in [3.8, 4) is 5.75 Å². The smallest absolute Gasteiger partial charge is 0.253 e. The molecule has 0 radical (unpaired) electrons. The minimum Gasteiger partial charge on any atom is -0.508 e. The van der Waals surface area contributed by atoms with Crippen LogP contribution >= 0.6 is 0 Å². The third-order valence-electron chi connectivity index (χ3n) is 2.64.